The zero-order valence-electron chi connectivity index (χ0n) is 16.0. The molecule has 2 aromatic carbocycles. The number of nitrogens with one attached hydrogen (secondary N) is 1. The Balaban J connectivity index is 1.97. The molecule has 0 heterocycles. The zero-order chi connectivity index (χ0) is 21.6. The fourth-order valence-electron chi connectivity index (χ4n) is 2.65. The molecule has 0 aliphatic rings. The molecule has 2 aromatic rings. The van der Waals surface area contributed by atoms with E-state index in [1.54, 1.807) is 24.3 Å². The number of nitrogens with zero attached hydrogens (tertiary/aromatic N) is 1. The van der Waals surface area contributed by atoms with Crippen molar-refractivity contribution in [3.8, 4) is 5.75 Å². The summed E-state index contributed by atoms with van der Waals surface area (Å²) in [5.74, 6) is -1.66. The maximum Gasteiger partial charge on any atom is 0.419 e. The van der Waals surface area contributed by atoms with Crippen LogP contribution in [0.15, 0.2) is 48.5 Å². The first kappa shape index (κ1) is 22.4. The van der Waals surface area contributed by atoms with Crippen LogP contribution in [-0.4, -0.2) is 42.6 Å². The molecule has 8 heteroatoms. The molecule has 4 nitrogen and oxygen atoms in total. The molecule has 0 saturated heterocycles. The minimum Gasteiger partial charge on any atom is -0.508 e. The summed E-state index contributed by atoms with van der Waals surface area (Å²) in [6.45, 7) is 0.314. The van der Waals surface area contributed by atoms with Crippen molar-refractivity contribution in [2.75, 3.05) is 20.6 Å². The number of carbonyl (C=O) groups is 1. The van der Waals surface area contributed by atoms with Crippen molar-refractivity contribution >= 4 is 12.0 Å². The van der Waals surface area contributed by atoms with Crippen LogP contribution in [0.4, 0.5) is 17.6 Å². The van der Waals surface area contributed by atoms with E-state index in [4.69, 9.17) is 0 Å². The molecule has 0 radical (unpaired) electrons. The summed E-state index contributed by atoms with van der Waals surface area (Å²) in [5, 5.41) is 12.1. The van der Waals surface area contributed by atoms with E-state index in [-0.39, 0.29) is 17.4 Å². The van der Waals surface area contributed by atoms with E-state index in [9.17, 15) is 27.5 Å². The highest BCUT2D eigenvalue weighted by molar-refractivity contribution is 5.91. The number of carbonyl (C=O) groups excluding carboxylic acids is 1. The maximum absolute atomic E-state index is 13.3. The van der Waals surface area contributed by atoms with E-state index in [2.05, 4.69) is 5.32 Å². The Bertz CT molecular complexity index is 862. The number of likely N-dealkylation sites (N-methyl/N-ethyl adjacent to an activating group) is 1. The predicted octanol–water partition coefficient (Wildman–Crippen LogP) is 3.85. The van der Waals surface area contributed by atoms with Crippen LogP contribution in [0.5, 0.6) is 5.75 Å². The molecule has 0 aliphatic heterocycles. The first-order chi connectivity index (χ1) is 13.6. The number of benzene rings is 2. The van der Waals surface area contributed by atoms with Crippen molar-refractivity contribution in [1.29, 1.82) is 0 Å². The summed E-state index contributed by atoms with van der Waals surface area (Å²) < 4.78 is 51.6. The number of halogens is 4. The lowest BCUT2D eigenvalue weighted by atomic mass is 10.0. The van der Waals surface area contributed by atoms with Gasteiger partial charge in [0.2, 0.25) is 5.91 Å². The lowest BCUT2D eigenvalue weighted by molar-refractivity contribution is -0.140. The summed E-state index contributed by atoms with van der Waals surface area (Å²) in [4.78, 5) is 14.0. The van der Waals surface area contributed by atoms with Gasteiger partial charge in [0.1, 0.15) is 11.6 Å². The Morgan fingerprint density at radius 2 is 1.83 bits per heavy atom. The van der Waals surface area contributed by atoms with Gasteiger partial charge in [0.25, 0.3) is 0 Å². The van der Waals surface area contributed by atoms with Crippen molar-refractivity contribution in [2.24, 2.45) is 0 Å². The summed E-state index contributed by atoms with van der Waals surface area (Å²) in [5.41, 5.74) is -0.318. The van der Waals surface area contributed by atoms with Gasteiger partial charge in [0.15, 0.2) is 0 Å². The quantitative estimate of drug-likeness (QED) is 0.539. The maximum atomic E-state index is 13.3. The van der Waals surface area contributed by atoms with Gasteiger partial charge in [0, 0.05) is 18.7 Å². The molecular formula is C21H22F4N2O2. The second-order valence-electron chi connectivity index (χ2n) is 6.80. The molecule has 29 heavy (non-hydrogen) atoms. The average Bonchev–Trinajstić information content (AvgIpc) is 2.64. The highest BCUT2D eigenvalue weighted by Gasteiger charge is 2.34. The minimum atomic E-state index is -4.80. The second kappa shape index (κ2) is 9.56. The van der Waals surface area contributed by atoms with Crippen molar-refractivity contribution in [2.45, 2.75) is 18.6 Å². The Morgan fingerprint density at radius 1 is 1.17 bits per heavy atom. The Morgan fingerprint density at radius 3 is 2.41 bits per heavy atom. The predicted molar refractivity (Wildman–Crippen MR) is 103 cm³/mol. The summed E-state index contributed by atoms with van der Waals surface area (Å²) >= 11 is 0. The number of hydrogen-bond donors (Lipinski definition) is 2. The fourth-order valence-corrected chi connectivity index (χ4v) is 2.65. The first-order valence-corrected chi connectivity index (χ1v) is 8.83. The van der Waals surface area contributed by atoms with Gasteiger partial charge >= 0.3 is 6.18 Å². The van der Waals surface area contributed by atoms with Gasteiger partial charge in [-0.15, -0.1) is 0 Å². The molecule has 1 amide bonds. The molecule has 0 unspecified atom stereocenters. The molecule has 0 aliphatic carbocycles. The first-order valence-electron chi connectivity index (χ1n) is 8.83. The van der Waals surface area contributed by atoms with Crippen LogP contribution in [0.25, 0.3) is 6.08 Å². The van der Waals surface area contributed by atoms with E-state index in [0.717, 1.165) is 17.7 Å². The number of phenolic OH excluding ortho intramolecular Hbond substituents is 1. The van der Waals surface area contributed by atoms with Crippen LogP contribution in [0, 0.1) is 5.82 Å². The third kappa shape index (κ3) is 6.90. The topological polar surface area (TPSA) is 52.6 Å². The number of hydrogen-bond acceptors (Lipinski definition) is 3. The molecule has 0 fully saturated rings. The molecule has 2 N–H and O–H groups in total. The molecule has 156 valence electrons. The summed E-state index contributed by atoms with van der Waals surface area (Å²) in [6, 6.07) is 9.28. The van der Waals surface area contributed by atoms with Gasteiger partial charge in [-0.25, -0.2) is 4.39 Å². The SMILES string of the molecule is CN(C)[C@H](CNC(=O)/C=C/c1ccc(F)c(C(F)(F)F)c1)Cc1ccc(O)cc1. The lowest BCUT2D eigenvalue weighted by Gasteiger charge is -2.24. The minimum absolute atomic E-state index is 0.0282. The number of amides is 1. The molecular weight excluding hydrogens is 388 g/mol. The largest absolute Gasteiger partial charge is 0.508 e. The van der Waals surface area contributed by atoms with Gasteiger partial charge in [-0.1, -0.05) is 18.2 Å². The molecule has 0 bridgehead atoms. The van der Waals surface area contributed by atoms with Crippen molar-refractivity contribution < 1.29 is 27.5 Å². The van der Waals surface area contributed by atoms with E-state index in [0.29, 0.717) is 19.0 Å². The van der Waals surface area contributed by atoms with Crippen molar-refractivity contribution in [3.05, 3.63) is 71.0 Å². The molecule has 0 saturated carbocycles. The zero-order valence-corrected chi connectivity index (χ0v) is 16.0. The van der Waals surface area contributed by atoms with Crippen LogP contribution in [0.3, 0.4) is 0 Å². The van der Waals surface area contributed by atoms with Gasteiger partial charge in [0.05, 0.1) is 5.56 Å². The number of rotatable bonds is 7. The molecule has 0 aromatic heterocycles. The van der Waals surface area contributed by atoms with Crippen LogP contribution in [0.2, 0.25) is 0 Å². The number of aromatic hydroxyl groups is 1. The van der Waals surface area contributed by atoms with Gasteiger partial charge in [-0.3, -0.25) is 4.79 Å². The molecule has 0 spiro atoms. The summed E-state index contributed by atoms with van der Waals surface area (Å²) in [6.07, 6.45) is -1.86. The average molecular weight is 410 g/mol. The van der Waals surface area contributed by atoms with E-state index in [1.807, 2.05) is 19.0 Å². The van der Waals surface area contributed by atoms with E-state index >= 15 is 0 Å². The van der Waals surface area contributed by atoms with Crippen molar-refractivity contribution in [1.82, 2.24) is 10.2 Å². The van der Waals surface area contributed by atoms with Crippen molar-refractivity contribution in [3.63, 3.8) is 0 Å². The number of alkyl halides is 3. The monoisotopic (exact) mass is 410 g/mol. The smallest absolute Gasteiger partial charge is 0.419 e. The molecule has 2 rings (SSSR count). The normalized spacial score (nSPS) is 13.1. The van der Waals surface area contributed by atoms with Crippen LogP contribution >= 0.6 is 0 Å². The third-order valence-corrected chi connectivity index (χ3v) is 4.37. The Kier molecular flexibility index (Phi) is 7.39. The standard InChI is InChI=1S/C21H22F4N2O2/c1-27(2)16(11-14-3-7-17(28)8-4-14)13-26-20(29)10-6-15-5-9-19(22)18(12-15)21(23,24)25/h3-10,12,16,28H,11,13H2,1-2H3,(H,26,29)/b10-6+/t16-/m0/s1. The van der Waals surface area contributed by atoms with Gasteiger partial charge in [-0.2, -0.15) is 13.2 Å². The van der Waals surface area contributed by atoms with E-state index in [1.165, 1.54) is 12.1 Å². The Hall–Kier alpha value is -2.87. The number of phenols is 1. The highest BCUT2D eigenvalue weighted by atomic mass is 19.4. The van der Waals surface area contributed by atoms with Crippen LogP contribution in [-0.2, 0) is 17.4 Å². The lowest BCUT2D eigenvalue weighted by Crippen LogP contribution is -2.41. The van der Waals surface area contributed by atoms with E-state index < -0.39 is 23.5 Å². The van der Waals surface area contributed by atoms with Crippen LogP contribution in [0.1, 0.15) is 16.7 Å². The van der Waals surface area contributed by atoms with Gasteiger partial charge in [-0.05, 0) is 62.0 Å². The molecule has 1 atom stereocenters. The third-order valence-electron chi connectivity index (χ3n) is 4.37. The second-order valence-corrected chi connectivity index (χ2v) is 6.80. The van der Waals surface area contributed by atoms with Crippen LogP contribution < -0.4 is 5.32 Å². The van der Waals surface area contributed by atoms with Gasteiger partial charge < -0.3 is 15.3 Å². The fraction of sp³-hybridized carbons (Fsp3) is 0.286. The highest BCUT2D eigenvalue weighted by Crippen LogP contribution is 2.32. The Labute approximate surface area is 166 Å². The summed E-state index contributed by atoms with van der Waals surface area (Å²) in [7, 11) is 3.73.